The molecule has 1 saturated heterocycles. The Bertz CT molecular complexity index is 1780. The lowest BCUT2D eigenvalue weighted by Crippen LogP contribution is -2.29. The van der Waals surface area contributed by atoms with Crippen molar-refractivity contribution in [2.24, 2.45) is 0 Å². The fourth-order valence-corrected chi connectivity index (χ4v) is 7.45. The lowest BCUT2D eigenvalue weighted by atomic mass is 9.95. The molecule has 1 aromatic heterocycles. The van der Waals surface area contributed by atoms with Crippen LogP contribution in [0.3, 0.4) is 0 Å². The Balaban J connectivity index is 1.53. The Labute approximate surface area is 291 Å². The predicted octanol–water partition coefficient (Wildman–Crippen LogP) is 8.74. The fraction of sp³-hybridized carbons (Fsp3) is 0.294. The number of amides is 1. The second-order valence-electron chi connectivity index (χ2n) is 10.5. The third kappa shape index (κ3) is 7.86. The Hall–Kier alpha value is -3.77. The summed E-state index contributed by atoms with van der Waals surface area (Å²) in [5.41, 5.74) is 1.65. The molecule has 1 amide bonds. The molecule has 0 radical (unpaired) electrons. The molecule has 1 fully saturated rings. The zero-order valence-corrected chi connectivity index (χ0v) is 29.1. The van der Waals surface area contributed by atoms with Gasteiger partial charge < -0.3 is 19.3 Å². The van der Waals surface area contributed by atoms with E-state index in [0.717, 1.165) is 36.2 Å². The predicted molar refractivity (Wildman–Crippen MR) is 186 cm³/mol. The highest BCUT2D eigenvalue weighted by atomic mass is 35.5. The number of aliphatic hydroxyl groups excluding tert-OH is 1. The van der Waals surface area contributed by atoms with Crippen LogP contribution in [-0.4, -0.2) is 47.3 Å². The molecule has 1 aliphatic rings. The summed E-state index contributed by atoms with van der Waals surface area (Å²) in [5, 5.41) is 21.4. The van der Waals surface area contributed by atoms with E-state index < -0.39 is 17.7 Å². The van der Waals surface area contributed by atoms with Crippen LogP contribution in [-0.2, 0) is 15.3 Å². The van der Waals surface area contributed by atoms with E-state index in [1.165, 1.54) is 23.8 Å². The molecule has 47 heavy (non-hydrogen) atoms. The van der Waals surface area contributed by atoms with Crippen molar-refractivity contribution in [2.45, 2.75) is 49.2 Å². The summed E-state index contributed by atoms with van der Waals surface area (Å²) >= 11 is 14.9. The van der Waals surface area contributed by atoms with Crippen LogP contribution in [0.4, 0.5) is 5.13 Å². The average molecular weight is 715 g/mol. The van der Waals surface area contributed by atoms with Gasteiger partial charge in [0, 0.05) is 21.4 Å². The minimum Gasteiger partial charge on any atom is -0.507 e. The highest BCUT2D eigenvalue weighted by Crippen LogP contribution is 2.46. The smallest absolute Gasteiger partial charge is 0.301 e. The van der Waals surface area contributed by atoms with Gasteiger partial charge in [0.15, 0.2) is 15.8 Å². The third-order valence-electron chi connectivity index (χ3n) is 7.36. The number of anilines is 1. The molecule has 0 spiro atoms. The molecule has 1 unspecified atom stereocenters. The molecular formula is C34H33Cl2N3O6S2. The van der Waals surface area contributed by atoms with Gasteiger partial charge in [0.2, 0.25) is 5.13 Å². The Morgan fingerprint density at radius 3 is 2.47 bits per heavy atom. The number of methoxy groups -OCH3 is 1. The van der Waals surface area contributed by atoms with Gasteiger partial charge in [-0.3, -0.25) is 14.5 Å². The molecular weight excluding hydrogens is 681 g/mol. The number of halogens is 2. The first-order valence-electron chi connectivity index (χ1n) is 15.0. The second-order valence-corrected chi connectivity index (χ2v) is 13.5. The SMILES string of the molecule is CCCCCOc1ccc(C2/C(=C(/O)c3ccc(OCC)cc3)C(=O)C(=O)N2c2nnc(SCc3ccc(Cl)cc3Cl)s2)cc1OC. The Morgan fingerprint density at radius 2 is 1.77 bits per heavy atom. The number of aliphatic hydroxyl groups is 1. The molecule has 2 heterocycles. The van der Waals surface area contributed by atoms with E-state index >= 15 is 0 Å². The summed E-state index contributed by atoms with van der Waals surface area (Å²) in [6, 6.07) is 16.1. The molecule has 13 heteroatoms. The molecule has 0 saturated carbocycles. The fourth-order valence-electron chi connectivity index (χ4n) is 5.02. The van der Waals surface area contributed by atoms with E-state index in [2.05, 4.69) is 17.1 Å². The van der Waals surface area contributed by atoms with Crippen molar-refractivity contribution in [2.75, 3.05) is 25.2 Å². The number of ketones is 1. The molecule has 9 nitrogen and oxygen atoms in total. The molecule has 4 aromatic rings. The highest BCUT2D eigenvalue weighted by molar-refractivity contribution is 8.00. The number of aromatic nitrogens is 2. The number of hydrogen-bond acceptors (Lipinski definition) is 10. The van der Waals surface area contributed by atoms with E-state index in [9.17, 15) is 14.7 Å². The van der Waals surface area contributed by atoms with E-state index in [1.807, 2.05) is 13.0 Å². The second kappa shape index (κ2) is 15.9. The lowest BCUT2D eigenvalue weighted by molar-refractivity contribution is -0.132. The molecule has 0 aliphatic carbocycles. The van der Waals surface area contributed by atoms with Crippen LogP contribution in [0.2, 0.25) is 10.0 Å². The van der Waals surface area contributed by atoms with Gasteiger partial charge in [0.1, 0.15) is 11.5 Å². The van der Waals surface area contributed by atoms with Crippen molar-refractivity contribution in [3.63, 3.8) is 0 Å². The van der Waals surface area contributed by atoms with Crippen molar-refractivity contribution < 1.29 is 28.9 Å². The summed E-state index contributed by atoms with van der Waals surface area (Å²) in [6.45, 7) is 4.99. The molecule has 1 aliphatic heterocycles. The zero-order valence-electron chi connectivity index (χ0n) is 26.0. The molecule has 0 bridgehead atoms. The normalized spacial score (nSPS) is 15.7. The summed E-state index contributed by atoms with van der Waals surface area (Å²) in [4.78, 5) is 28.7. The molecule has 1 N–H and O–H groups in total. The molecule has 1 atom stereocenters. The number of Topliss-reactive ketones (excluding diaryl/α,β-unsaturated/α-hetero) is 1. The summed E-state index contributed by atoms with van der Waals surface area (Å²) in [6.07, 6.45) is 2.99. The van der Waals surface area contributed by atoms with Gasteiger partial charge in [-0.15, -0.1) is 10.2 Å². The van der Waals surface area contributed by atoms with Crippen molar-refractivity contribution in [3.05, 3.63) is 93.0 Å². The van der Waals surface area contributed by atoms with E-state index in [-0.39, 0.29) is 16.5 Å². The standard InChI is InChI=1S/C34H33Cl2N3O6S2/c1-4-6-7-16-45-26-15-11-21(17-27(26)43-3)29-28(30(40)20-9-13-24(14-10-20)44-5-2)31(41)32(42)39(29)33-37-38-34(47-33)46-19-22-8-12-23(35)18-25(22)36/h8-15,17-18,29,40H,4-7,16,19H2,1-3H3/b30-28-. The van der Waals surface area contributed by atoms with Crippen LogP contribution in [0, 0.1) is 0 Å². The van der Waals surface area contributed by atoms with Crippen LogP contribution in [0.25, 0.3) is 5.76 Å². The highest BCUT2D eigenvalue weighted by Gasteiger charge is 2.48. The third-order valence-corrected chi connectivity index (χ3v) is 10.1. The van der Waals surface area contributed by atoms with Gasteiger partial charge in [-0.2, -0.15) is 0 Å². The maximum Gasteiger partial charge on any atom is 0.301 e. The monoisotopic (exact) mass is 713 g/mol. The van der Waals surface area contributed by atoms with Gasteiger partial charge in [-0.05, 0) is 73.0 Å². The Kier molecular flexibility index (Phi) is 11.7. The number of rotatable bonds is 14. The number of unbranched alkanes of at least 4 members (excludes halogenated alkanes) is 2. The molecule has 3 aromatic carbocycles. The summed E-state index contributed by atoms with van der Waals surface area (Å²) in [7, 11) is 1.52. The number of nitrogens with zero attached hydrogens (tertiary/aromatic N) is 3. The van der Waals surface area contributed by atoms with Gasteiger partial charge in [0.25, 0.3) is 5.78 Å². The topological polar surface area (TPSA) is 111 Å². The van der Waals surface area contributed by atoms with Gasteiger partial charge in [0.05, 0.1) is 31.9 Å². The van der Waals surface area contributed by atoms with Gasteiger partial charge in [-0.1, -0.05) is 78.2 Å². The number of thioether (sulfide) groups is 1. The first kappa shape index (κ1) is 34.6. The quantitative estimate of drug-likeness (QED) is 0.0342. The number of carbonyl (C=O) groups is 2. The minimum absolute atomic E-state index is 0.0878. The first-order chi connectivity index (χ1) is 22.7. The van der Waals surface area contributed by atoms with E-state index in [1.54, 1.807) is 54.6 Å². The van der Waals surface area contributed by atoms with Crippen LogP contribution in [0.5, 0.6) is 17.2 Å². The number of benzene rings is 3. The Morgan fingerprint density at radius 1 is 0.979 bits per heavy atom. The van der Waals surface area contributed by atoms with Crippen molar-refractivity contribution >= 4 is 68.9 Å². The van der Waals surface area contributed by atoms with Crippen LogP contribution in [0.15, 0.2) is 70.6 Å². The number of carbonyl (C=O) groups excluding carboxylic acids is 2. The first-order valence-corrected chi connectivity index (χ1v) is 17.6. The lowest BCUT2D eigenvalue weighted by Gasteiger charge is -2.23. The number of hydrogen-bond donors (Lipinski definition) is 1. The molecule has 5 rings (SSSR count). The van der Waals surface area contributed by atoms with Crippen LogP contribution >= 0.6 is 46.3 Å². The number of ether oxygens (including phenoxy) is 3. The molecule has 246 valence electrons. The maximum absolute atomic E-state index is 13.7. The van der Waals surface area contributed by atoms with Gasteiger partial charge >= 0.3 is 5.91 Å². The van der Waals surface area contributed by atoms with Crippen LogP contribution < -0.4 is 19.1 Å². The summed E-state index contributed by atoms with van der Waals surface area (Å²) in [5.74, 6) is 0.0488. The van der Waals surface area contributed by atoms with Crippen LogP contribution in [0.1, 0.15) is 55.8 Å². The van der Waals surface area contributed by atoms with Crippen molar-refractivity contribution in [1.82, 2.24) is 10.2 Å². The van der Waals surface area contributed by atoms with E-state index in [4.69, 9.17) is 37.4 Å². The largest absolute Gasteiger partial charge is 0.507 e. The zero-order chi connectivity index (χ0) is 33.5. The summed E-state index contributed by atoms with van der Waals surface area (Å²) < 4.78 is 17.7. The maximum atomic E-state index is 13.7. The van der Waals surface area contributed by atoms with Crippen molar-refractivity contribution in [3.8, 4) is 17.2 Å². The van der Waals surface area contributed by atoms with E-state index in [0.29, 0.717) is 61.7 Å². The van der Waals surface area contributed by atoms with Crippen molar-refractivity contribution in [1.29, 1.82) is 0 Å². The van der Waals surface area contributed by atoms with Gasteiger partial charge in [-0.25, -0.2) is 0 Å². The average Bonchev–Trinajstić information content (AvgIpc) is 3.64. The minimum atomic E-state index is -1.03.